The molecule has 1 N–H and O–H groups in total. The Morgan fingerprint density at radius 3 is 2.33 bits per heavy atom. The van der Waals surface area contributed by atoms with Crippen LogP contribution in [0.3, 0.4) is 0 Å². The van der Waals surface area contributed by atoms with E-state index in [1.165, 1.54) is 30.3 Å². The van der Waals surface area contributed by atoms with Crippen molar-refractivity contribution in [2.45, 2.75) is 13.5 Å². The van der Waals surface area contributed by atoms with E-state index < -0.39 is 17.4 Å². The SMILES string of the molecule is CCNCc1cc(F)c(Oc2ccc(Cl)cc2Cl)c(F)c1. The predicted octanol–water partition coefficient (Wildman–Crippen LogP) is 5.17. The standard InChI is InChI=1S/C15H13Cl2F2NO/c1-2-20-8-9-5-12(18)15(13(19)6-9)21-14-4-3-10(16)7-11(14)17/h3-7,20H,2,8H2,1H3. The Hall–Kier alpha value is -1.36. The van der Waals surface area contributed by atoms with Gasteiger partial charge in [-0.1, -0.05) is 30.1 Å². The van der Waals surface area contributed by atoms with Crippen LogP contribution in [0.4, 0.5) is 8.78 Å². The summed E-state index contributed by atoms with van der Waals surface area (Å²) in [6.45, 7) is 3.00. The molecule has 2 rings (SSSR count). The zero-order chi connectivity index (χ0) is 15.4. The van der Waals surface area contributed by atoms with Crippen molar-refractivity contribution >= 4 is 23.2 Å². The van der Waals surface area contributed by atoms with E-state index in [9.17, 15) is 8.78 Å². The van der Waals surface area contributed by atoms with E-state index in [0.29, 0.717) is 23.7 Å². The number of rotatable bonds is 5. The van der Waals surface area contributed by atoms with Gasteiger partial charge in [0.2, 0.25) is 0 Å². The fraction of sp³-hybridized carbons (Fsp3) is 0.200. The molecule has 0 fully saturated rings. The minimum Gasteiger partial charge on any atom is -0.450 e. The molecular weight excluding hydrogens is 319 g/mol. The van der Waals surface area contributed by atoms with Crippen LogP contribution in [-0.4, -0.2) is 6.54 Å². The molecule has 2 aromatic carbocycles. The van der Waals surface area contributed by atoms with Gasteiger partial charge in [-0.3, -0.25) is 0 Å². The van der Waals surface area contributed by atoms with E-state index in [4.69, 9.17) is 27.9 Å². The van der Waals surface area contributed by atoms with E-state index in [0.717, 1.165) is 0 Å². The lowest BCUT2D eigenvalue weighted by molar-refractivity contribution is 0.406. The van der Waals surface area contributed by atoms with E-state index >= 15 is 0 Å². The maximum Gasteiger partial charge on any atom is 0.198 e. The second-order valence-corrected chi connectivity index (χ2v) is 5.19. The number of benzene rings is 2. The van der Waals surface area contributed by atoms with E-state index in [-0.39, 0.29) is 10.8 Å². The van der Waals surface area contributed by atoms with Gasteiger partial charge in [0.05, 0.1) is 5.02 Å². The smallest absolute Gasteiger partial charge is 0.198 e. The molecule has 2 nitrogen and oxygen atoms in total. The second kappa shape index (κ2) is 7.07. The number of halogens is 4. The molecule has 112 valence electrons. The highest BCUT2D eigenvalue weighted by molar-refractivity contribution is 6.35. The molecule has 0 radical (unpaired) electrons. The van der Waals surface area contributed by atoms with Gasteiger partial charge >= 0.3 is 0 Å². The highest BCUT2D eigenvalue weighted by Gasteiger charge is 2.15. The van der Waals surface area contributed by atoms with Crippen LogP contribution in [-0.2, 0) is 6.54 Å². The molecule has 2 aromatic rings. The molecule has 21 heavy (non-hydrogen) atoms. The minimum absolute atomic E-state index is 0.137. The summed E-state index contributed by atoms with van der Waals surface area (Å²) < 4.78 is 33.2. The Labute approximate surface area is 131 Å². The molecule has 0 spiro atoms. The molecule has 0 saturated heterocycles. The van der Waals surface area contributed by atoms with Crippen LogP contribution in [0.15, 0.2) is 30.3 Å². The lowest BCUT2D eigenvalue weighted by atomic mass is 10.2. The Morgan fingerprint density at radius 2 is 1.76 bits per heavy atom. The highest BCUT2D eigenvalue weighted by Crippen LogP contribution is 2.34. The summed E-state index contributed by atoms with van der Waals surface area (Å²) in [5, 5.41) is 3.58. The van der Waals surface area contributed by atoms with Crippen molar-refractivity contribution in [1.29, 1.82) is 0 Å². The maximum absolute atomic E-state index is 14.0. The Kier molecular flexibility index (Phi) is 5.39. The quantitative estimate of drug-likeness (QED) is 0.815. The first-order chi connectivity index (χ1) is 10.0. The predicted molar refractivity (Wildman–Crippen MR) is 80.3 cm³/mol. The lowest BCUT2D eigenvalue weighted by Crippen LogP contribution is -2.12. The van der Waals surface area contributed by atoms with E-state index in [1.807, 2.05) is 6.92 Å². The van der Waals surface area contributed by atoms with Gasteiger partial charge in [-0.2, -0.15) is 0 Å². The first-order valence-electron chi connectivity index (χ1n) is 6.32. The van der Waals surface area contributed by atoms with Crippen LogP contribution in [0.25, 0.3) is 0 Å². The van der Waals surface area contributed by atoms with Crippen LogP contribution >= 0.6 is 23.2 Å². The molecule has 0 bridgehead atoms. The average Bonchev–Trinajstić information content (AvgIpc) is 2.42. The van der Waals surface area contributed by atoms with Gasteiger partial charge in [-0.05, 0) is 42.4 Å². The van der Waals surface area contributed by atoms with Crippen LogP contribution in [0, 0.1) is 11.6 Å². The van der Waals surface area contributed by atoms with Crippen LogP contribution in [0.5, 0.6) is 11.5 Å². The molecule has 0 aliphatic carbocycles. The van der Waals surface area contributed by atoms with Crippen molar-refractivity contribution in [2.24, 2.45) is 0 Å². The van der Waals surface area contributed by atoms with Gasteiger partial charge in [0.15, 0.2) is 17.4 Å². The van der Waals surface area contributed by atoms with Gasteiger partial charge < -0.3 is 10.1 Å². The summed E-state index contributed by atoms with van der Waals surface area (Å²) in [6, 6.07) is 6.87. The fourth-order valence-electron chi connectivity index (χ4n) is 1.75. The normalized spacial score (nSPS) is 10.7. The molecule has 0 unspecified atom stereocenters. The van der Waals surface area contributed by atoms with Crippen LogP contribution in [0.1, 0.15) is 12.5 Å². The van der Waals surface area contributed by atoms with Crippen LogP contribution < -0.4 is 10.1 Å². The molecule has 0 aliphatic rings. The number of nitrogens with one attached hydrogen (secondary N) is 1. The zero-order valence-electron chi connectivity index (χ0n) is 11.2. The summed E-state index contributed by atoms with van der Waals surface area (Å²) in [4.78, 5) is 0. The third kappa shape index (κ3) is 4.06. The van der Waals surface area contributed by atoms with Crippen molar-refractivity contribution < 1.29 is 13.5 Å². The average molecular weight is 332 g/mol. The fourth-order valence-corrected chi connectivity index (χ4v) is 2.20. The molecule has 0 saturated carbocycles. The molecule has 0 amide bonds. The molecule has 6 heteroatoms. The Morgan fingerprint density at radius 1 is 1.10 bits per heavy atom. The third-order valence-corrected chi connectivity index (χ3v) is 3.27. The number of hydrogen-bond acceptors (Lipinski definition) is 2. The first kappa shape index (κ1) is 16.0. The zero-order valence-corrected chi connectivity index (χ0v) is 12.7. The molecular formula is C15H13Cl2F2NO. The van der Waals surface area contributed by atoms with Gasteiger partial charge in [0.1, 0.15) is 5.75 Å². The molecule has 0 atom stereocenters. The second-order valence-electron chi connectivity index (χ2n) is 4.35. The lowest BCUT2D eigenvalue weighted by Gasteiger charge is -2.11. The first-order valence-corrected chi connectivity index (χ1v) is 7.08. The minimum atomic E-state index is -0.783. The third-order valence-electron chi connectivity index (χ3n) is 2.74. The van der Waals surface area contributed by atoms with E-state index in [1.54, 1.807) is 0 Å². The summed E-state index contributed by atoms with van der Waals surface area (Å²) in [5.41, 5.74) is 0.501. The Balaban J connectivity index is 2.27. The summed E-state index contributed by atoms with van der Waals surface area (Å²) in [7, 11) is 0. The highest BCUT2D eigenvalue weighted by atomic mass is 35.5. The van der Waals surface area contributed by atoms with Crippen molar-refractivity contribution in [3.05, 3.63) is 57.6 Å². The van der Waals surface area contributed by atoms with Crippen molar-refractivity contribution in [3.63, 3.8) is 0 Å². The van der Waals surface area contributed by atoms with Crippen molar-refractivity contribution in [1.82, 2.24) is 5.32 Å². The topological polar surface area (TPSA) is 21.3 Å². The molecule has 0 heterocycles. The van der Waals surface area contributed by atoms with Crippen molar-refractivity contribution in [2.75, 3.05) is 6.54 Å². The van der Waals surface area contributed by atoms with Gasteiger partial charge in [-0.15, -0.1) is 0 Å². The monoisotopic (exact) mass is 331 g/mol. The van der Waals surface area contributed by atoms with Gasteiger partial charge in [0, 0.05) is 11.6 Å². The van der Waals surface area contributed by atoms with Gasteiger partial charge in [-0.25, -0.2) is 8.78 Å². The maximum atomic E-state index is 14.0. The summed E-state index contributed by atoms with van der Waals surface area (Å²) in [6.07, 6.45) is 0. The number of hydrogen-bond donors (Lipinski definition) is 1. The molecule has 0 aliphatic heterocycles. The summed E-state index contributed by atoms with van der Waals surface area (Å²) >= 11 is 11.7. The van der Waals surface area contributed by atoms with E-state index in [2.05, 4.69) is 5.32 Å². The van der Waals surface area contributed by atoms with Gasteiger partial charge in [0.25, 0.3) is 0 Å². The Bertz CT molecular complexity index is 627. The summed E-state index contributed by atoms with van der Waals surface area (Å²) in [5.74, 6) is -1.92. The van der Waals surface area contributed by atoms with Crippen molar-refractivity contribution in [3.8, 4) is 11.5 Å². The molecule has 0 aromatic heterocycles. The van der Waals surface area contributed by atoms with Crippen LogP contribution in [0.2, 0.25) is 10.0 Å². The number of ether oxygens (including phenoxy) is 1. The largest absolute Gasteiger partial charge is 0.450 e.